The maximum Gasteiger partial charge on any atom is 0.180 e. The molecule has 5 nitrogen and oxygen atoms in total. The number of rotatable bonds is 3. The van der Waals surface area contributed by atoms with Crippen LogP contribution in [0, 0.1) is 0 Å². The van der Waals surface area contributed by atoms with E-state index in [4.69, 9.17) is 0 Å². The number of aryl methyl sites for hydroxylation is 2. The lowest BCUT2D eigenvalue weighted by atomic mass is 10.2. The average molecular weight is 281 g/mol. The molecule has 0 spiro atoms. The summed E-state index contributed by atoms with van der Waals surface area (Å²) in [5.41, 5.74) is 1.99. The van der Waals surface area contributed by atoms with Crippen LogP contribution in [-0.2, 0) is 14.1 Å². The van der Waals surface area contributed by atoms with Crippen molar-refractivity contribution in [2.75, 3.05) is 0 Å². The van der Waals surface area contributed by atoms with Gasteiger partial charge in [0.25, 0.3) is 0 Å². The van der Waals surface area contributed by atoms with Crippen molar-refractivity contribution in [3.05, 3.63) is 42.5 Å². The Morgan fingerprint density at radius 3 is 1.62 bits per heavy atom. The van der Waals surface area contributed by atoms with Gasteiger partial charge in [0.1, 0.15) is 5.82 Å². The topological polar surface area (TPSA) is 48.5 Å². The van der Waals surface area contributed by atoms with E-state index in [9.17, 15) is 0 Å². The maximum atomic E-state index is 4.66. The van der Waals surface area contributed by atoms with Gasteiger partial charge in [-0.2, -0.15) is 0 Å². The molecule has 0 aliphatic rings. The van der Waals surface area contributed by atoms with Crippen molar-refractivity contribution in [1.29, 1.82) is 0 Å². The summed E-state index contributed by atoms with van der Waals surface area (Å²) in [6, 6.07) is 8.04. The van der Waals surface area contributed by atoms with Crippen LogP contribution in [0.5, 0.6) is 0 Å². The van der Waals surface area contributed by atoms with E-state index in [1.165, 1.54) is 0 Å². The largest absolute Gasteiger partial charge is 0.348 e. The van der Waals surface area contributed by atoms with E-state index >= 15 is 0 Å². The summed E-state index contributed by atoms with van der Waals surface area (Å²) in [7, 11) is 3.99. The van der Waals surface area contributed by atoms with Crippen molar-refractivity contribution in [2.45, 2.75) is 19.8 Å². The predicted octanol–water partition coefficient (Wildman–Crippen LogP) is 3.01. The molecule has 3 rings (SSSR count). The molecule has 0 unspecified atom stereocenters. The van der Waals surface area contributed by atoms with Crippen LogP contribution in [0.3, 0.4) is 0 Å². The molecule has 0 bridgehead atoms. The molecule has 0 aliphatic heterocycles. The molecule has 0 aliphatic carbocycles. The lowest BCUT2D eigenvalue weighted by molar-refractivity contribution is 0.758. The molecule has 0 aromatic carbocycles. The molecule has 0 saturated heterocycles. The Morgan fingerprint density at radius 1 is 0.810 bits per heavy atom. The van der Waals surface area contributed by atoms with Crippen LogP contribution < -0.4 is 0 Å². The van der Waals surface area contributed by atoms with Crippen LogP contribution in [0.25, 0.3) is 23.0 Å². The molecule has 0 atom stereocenters. The van der Waals surface area contributed by atoms with Crippen LogP contribution in [-0.4, -0.2) is 24.1 Å². The summed E-state index contributed by atoms with van der Waals surface area (Å²) in [5, 5.41) is 0. The SMILES string of the molecule is CC(C)c1nc(-c2cccn2C)nc(-c2cccn2C)n1. The van der Waals surface area contributed by atoms with E-state index in [0.717, 1.165) is 28.9 Å². The van der Waals surface area contributed by atoms with Crippen molar-refractivity contribution >= 4 is 0 Å². The molecule has 5 heteroatoms. The quantitative estimate of drug-likeness (QED) is 0.741. The number of nitrogens with zero attached hydrogens (tertiary/aromatic N) is 5. The van der Waals surface area contributed by atoms with Crippen LogP contribution in [0.1, 0.15) is 25.6 Å². The fourth-order valence-corrected chi connectivity index (χ4v) is 2.27. The second kappa shape index (κ2) is 5.16. The van der Waals surface area contributed by atoms with Crippen LogP contribution >= 0.6 is 0 Å². The third-order valence-electron chi connectivity index (χ3n) is 3.51. The van der Waals surface area contributed by atoms with Gasteiger partial charge in [-0.3, -0.25) is 0 Å². The predicted molar refractivity (Wildman–Crippen MR) is 82.7 cm³/mol. The van der Waals surface area contributed by atoms with Gasteiger partial charge in [-0.25, -0.2) is 15.0 Å². The molecule has 108 valence electrons. The van der Waals surface area contributed by atoms with Gasteiger partial charge >= 0.3 is 0 Å². The molecule has 3 aromatic heterocycles. The Bertz CT molecular complexity index is 708. The first-order valence-corrected chi connectivity index (χ1v) is 7.05. The summed E-state index contributed by atoms with van der Waals surface area (Å²) in [5.74, 6) is 2.51. The minimum Gasteiger partial charge on any atom is -0.348 e. The highest BCUT2D eigenvalue weighted by molar-refractivity contribution is 5.57. The highest BCUT2D eigenvalue weighted by atomic mass is 15.1. The normalized spacial score (nSPS) is 11.3. The Hall–Kier alpha value is -2.43. The molecule has 3 heterocycles. The summed E-state index contributed by atoms with van der Waals surface area (Å²) in [6.45, 7) is 4.19. The minimum absolute atomic E-state index is 0.256. The molecular weight excluding hydrogens is 262 g/mol. The monoisotopic (exact) mass is 281 g/mol. The minimum atomic E-state index is 0.256. The van der Waals surface area contributed by atoms with Gasteiger partial charge in [0.2, 0.25) is 0 Å². The second-order valence-electron chi connectivity index (χ2n) is 5.50. The average Bonchev–Trinajstić information content (AvgIpc) is 3.06. The zero-order valence-electron chi connectivity index (χ0n) is 12.8. The van der Waals surface area contributed by atoms with Gasteiger partial charge in [-0.05, 0) is 24.3 Å². The molecule has 0 radical (unpaired) electrons. The van der Waals surface area contributed by atoms with Gasteiger partial charge in [0.15, 0.2) is 11.6 Å². The van der Waals surface area contributed by atoms with Crippen molar-refractivity contribution in [1.82, 2.24) is 24.1 Å². The third kappa shape index (κ3) is 2.46. The number of hydrogen-bond acceptors (Lipinski definition) is 3. The van der Waals surface area contributed by atoms with Gasteiger partial charge in [0, 0.05) is 32.4 Å². The summed E-state index contributed by atoms with van der Waals surface area (Å²) < 4.78 is 4.04. The highest BCUT2D eigenvalue weighted by Crippen LogP contribution is 2.22. The van der Waals surface area contributed by atoms with Crippen LogP contribution in [0.4, 0.5) is 0 Å². The summed E-state index contributed by atoms with van der Waals surface area (Å²) >= 11 is 0. The first-order valence-electron chi connectivity index (χ1n) is 7.05. The lowest BCUT2D eigenvalue weighted by Gasteiger charge is -2.10. The molecule has 0 amide bonds. The van der Waals surface area contributed by atoms with E-state index in [1.807, 2.05) is 59.9 Å². The van der Waals surface area contributed by atoms with Crippen molar-refractivity contribution in [2.24, 2.45) is 14.1 Å². The fourth-order valence-electron chi connectivity index (χ4n) is 2.27. The van der Waals surface area contributed by atoms with Gasteiger partial charge < -0.3 is 9.13 Å². The van der Waals surface area contributed by atoms with Crippen molar-refractivity contribution in [3.63, 3.8) is 0 Å². The third-order valence-corrected chi connectivity index (χ3v) is 3.51. The Morgan fingerprint density at radius 2 is 1.29 bits per heavy atom. The number of aromatic nitrogens is 5. The highest BCUT2D eigenvalue weighted by Gasteiger charge is 2.15. The zero-order chi connectivity index (χ0) is 15.0. The van der Waals surface area contributed by atoms with Crippen molar-refractivity contribution < 1.29 is 0 Å². The molecule has 3 aromatic rings. The Kier molecular flexibility index (Phi) is 3.33. The lowest BCUT2D eigenvalue weighted by Crippen LogP contribution is -2.07. The van der Waals surface area contributed by atoms with Gasteiger partial charge in [0.05, 0.1) is 11.4 Å². The summed E-state index contributed by atoms with van der Waals surface area (Å²) in [6.07, 6.45) is 3.99. The number of hydrogen-bond donors (Lipinski definition) is 0. The van der Waals surface area contributed by atoms with Gasteiger partial charge in [-0.1, -0.05) is 13.8 Å². The Balaban J connectivity index is 2.20. The fraction of sp³-hybridized carbons (Fsp3) is 0.312. The van der Waals surface area contributed by atoms with Crippen molar-refractivity contribution in [3.8, 4) is 23.0 Å². The van der Waals surface area contributed by atoms with E-state index in [-0.39, 0.29) is 5.92 Å². The van der Waals surface area contributed by atoms with Crippen LogP contribution in [0.15, 0.2) is 36.7 Å². The molecular formula is C16H19N5. The first kappa shape index (κ1) is 13.5. The molecule has 21 heavy (non-hydrogen) atoms. The van der Waals surface area contributed by atoms with Crippen LogP contribution in [0.2, 0.25) is 0 Å². The smallest absolute Gasteiger partial charge is 0.180 e. The van der Waals surface area contributed by atoms with E-state index in [2.05, 4.69) is 28.8 Å². The van der Waals surface area contributed by atoms with E-state index < -0.39 is 0 Å². The maximum absolute atomic E-state index is 4.66. The Labute approximate surface area is 124 Å². The molecule has 0 saturated carbocycles. The molecule has 0 N–H and O–H groups in total. The zero-order valence-corrected chi connectivity index (χ0v) is 12.8. The second-order valence-corrected chi connectivity index (χ2v) is 5.50. The van der Waals surface area contributed by atoms with Gasteiger partial charge in [-0.15, -0.1) is 0 Å². The first-order chi connectivity index (χ1) is 10.1. The standard InChI is InChI=1S/C16H19N5/c1-11(2)14-17-15(12-7-5-9-20(12)3)19-16(18-14)13-8-6-10-21(13)4/h5-11H,1-4H3. The van der Waals surface area contributed by atoms with E-state index in [1.54, 1.807) is 0 Å². The summed E-state index contributed by atoms with van der Waals surface area (Å²) in [4.78, 5) is 13.9. The molecule has 0 fully saturated rings. The van der Waals surface area contributed by atoms with E-state index in [0.29, 0.717) is 0 Å².